The number of hydrogen-bond donors (Lipinski definition) is 3. The fourth-order valence-electron chi connectivity index (χ4n) is 2.56. The molecule has 0 saturated heterocycles. The van der Waals surface area contributed by atoms with Gasteiger partial charge in [-0.1, -0.05) is 35.9 Å². The van der Waals surface area contributed by atoms with Gasteiger partial charge in [0.25, 0.3) is 0 Å². The number of carbonyl (C=O) groups is 1. The Labute approximate surface area is 150 Å². The van der Waals surface area contributed by atoms with Crippen molar-refractivity contribution in [1.82, 2.24) is 10.2 Å². The number of aromatic amines is 1. The van der Waals surface area contributed by atoms with E-state index in [1.807, 2.05) is 0 Å². The van der Waals surface area contributed by atoms with Crippen LogP contribution >= 0.6 is 11.6 Å². The highest BCUT2D eigenvalue weighted by molar-refractivity contribution is 6.34. The summed E-state index contributed by atoms with van der Waals surface area (Å²) in [7, 11) is 0. The van der Waals surface area contributed by atoms with Gasteiger partial charge in [0, 0.05) is 10.9 Å². The monoisotopic (exact) mass is 384 g/mol. The average molecular weight is 385 g/mol. The Morgan fingerprint density at radius 2 is 1.81 bits per heavy atom. The molecule has 1 aromatic heterocycles. The van der Waals surface area contributed by atoms with Gasteiger partial charge in [-0.05, 0) is 30.2 Å². The van der Waals surface area contributed by atoms with Crippen LogP contribution in [0.15, 0.2) is 36.4 Å². The van der Waals surface area contributed by atoms with Gasteiger partial charge in [-0.15, -0.1) is 0 Å². The second-order valence-corrected chi connectivity index (χ2v) is 6.31. The van der Waals surface area contributed by atoms with Gasteiger partial charge in [0.1, 0.15) is 0 Å². The number of nitrogens with one attached hydrogen (secondary N) is 1. The molecule has 26 heavy (non-hydrogen) atoms. The molecule has 5 nitrogen and oxygen atoms in total. The molecule has 2 aromatic carbocycles. The molecule has 0 fully saturated rings. The molecule has 3 aromatic rings. The van der Waals surface area contributed by atoms with Crippen LogP contribution in [0, 0.1) is 0 Å². The zero-order chi connectivity index (χ0) is 19.3. The van der Waals surface area contributed by atoms with E-state index in [1.54, 1.807) is 0 Å². The molecule has 1 heterocycles. The lowest BCUT2D eigenvalue weighted by Crippen LogP contribution is -2.39. The molecule has 1 atom stereocenters. The van der Waals surface area contributed by atoms with Gasteiger partial charge in [-0.2, -0.15) is 18.3 Å². The molecular weight excluding hydrogens is 373 g/mol. The molecule has 0 radical (unpaired) electrons. The molecule has 0 saturated carbocycles. The highest BCUT2D eigenvalue weighted by Gasteiger charge is 2.51. The summed E-state index contributed by atoms with van der Waals surface area (Å²) in [5, 5.41) is 25.7. The zero-order valence-corrected chi connectivity index (χ0v) is 14.0. The normalized spacial score (nSPS) is 14.4. The smallest absolute Gasteiger partial charge is 0.421 e. The largest absolute Gasteiger partial charge is 0.476 e. The fraction of sp³-hybridized carbons (Fsp3) is 0.176. The van der Waals surface area contributed by atoms with Crippen molar-refractivity contribution in [3.8, 4) is 11.1 Å². The minimum Gasteiger partial charge on any atom is -0.476 e. The molecule has 0 bridgehead atoms. The molecular formula is C17H12ClF3N2O3. The van der Waals surface area contributed by atoms with Crippen LogP contribution < -0.4 is 0 Å². The summed E-state index contributed by atoms with van der Waals surface area (Å²) in [4.78, 5) is 11.2. The summed E-state index contributed by atoms with van der Waals surface area (Å²) in [6.45, 7) is 0.672. The summed E-state index contributed by atoms with van der Waals surface area (Å²) in [5.41, 5.74) is -2.17. The zero-order valence-electron chi connectivity index (χ0n) is 13.2. The summed E-state index contributed by atoms with van der Waals surface area (Å²) in [5.74, 6) is -1.22. The second kappa shape index (κ2) is 6.00. The molecule has 1 unspecified atom stereocenters. The maximum Gasteiger partial charge on any atom is 0.421 e. The van der Waals surface area contributed by atoms with E-state index in [1.165, 1.54) is 24.3 Å². The van der Waals surface area contributed by atoms with Gasteiger partial charge in [0.2, 0.25) is 0 Å². The fourth-order valence-corrected chi connectivity index (χ4v) is 2.83. The van der Waals surface area contributed by atoms with Crippen molar-refractivity contribution < 1.29 is 28.2 Å². The van der Waals surface area contributed by atoms with E-state index < -0.39 is 17.7 Å². The van der Waals surface area contributed by atoms with Crippen molar-refractivity contribution >= 4 is 28.5 Å². The highest BCUT2D eigenvalue weighted by Crippen LogP contribution is 2.40. The SMILES string of the molecule is CC(O)(c1ccc(-c2cc3c(C(=O)O)n[nH]c3cc2Cl)cc1)C(F)(F)F. The minimum absolute atomic E-state index is 0.186. The van der Waals surface area contributed by atoms with Gasteiger partial charge in [0.15, 0.2) is 11.3 Å². The third kappa shape index (κ3) is 2.91. The Morgan fingerprint density at radius 1 is 1.19 bits per heavy atom. The van der Waals surface area contributed by atoms with Gasteiger partial charge >= 0.3 is 12.1 Å². The molecule has 3 N–H and O–H groups in total. The van der Waals surface area contributed by atoms with Crippen LogP contribution in [-0.4, -0.2) is 32.6 Å². The van der Waals surface area contributed by atoms with E-state index in [4.69, 9.17) is 16.7 Å². The Bertz CT molecular complexity index is 995. The Hall–Kier alpha value is -2.58. The van der Waals surface area contributed by atoms with Crippen LogP contribution in [0.4, 0.5) is 13.2 Å². The Kier molecular flexibility index (Phi) is 4.20. The van der Waals surface area contributed by atoms with E-state index in [0.29, 0.717) is 29.0 Å². The number of halogens is 4. The van der Waals surface area contributed by atoms with Crippen molar-refractivity contribution in [1.29, 1.82) is 0 Å². The average Bonchev–Trinajstić information content (AvgIpc) is 2.96. The number of aromatic carboxylic acids is 1. The number of carboxylic acid groups (broad SMARTS) is 1. The quantitative estimate of drug-likeness (QED) is 0.626. The number of hydrogen-bond acceptors (Lipinski definition) is 3. The highest BCUT2D eigenvalue weighted by atomic mass is 35.5. The van der Waals surface area contributed by atoms with E-state index in [0.717, 1.165) is 12.1 Å². The van der Waals surface area contributed by atoms with Crippen molar-refractivity contribution in [3.63, 3.8) is 0 Å². The van der Waals surface area contributed by atoms with E-state index in [9.17, 15) is 23.1 Å². The van der Waals surface area contributed by atoms with Crippen molar-refractivity contribution in [2.45, 2.75) is 18.7 Å². The van der Waals surface area contributed by atoms with Crippen molar-refractivity contribution in [2.24, 2.45) is 0 Å². The molecule has 3 rings (SSSR count). The molecule has 0 aliphatic heterocycles. The van der Waals surface area contributed by atoms with Gasteiger partial charge in [-0.3, -0.25) is 5.10 Å². The van der Waals surface area contributed by atoms with Crippen LogP contribution in [0.25, 0.3) is 22.0 Å². The minimum atomic E-state index is -4.82. The Morgan fingerprint density at radius 3 is 2.35 bits per heavy atom. The Balaban J connectivity index is 2.08. The molecule has 9 heteroatoms. The van der Waals surface area contributed by atoms with Crippen LogP contribution in [0.2, 0.25) is 5.02 Å². The number of aliphatic hydroxyl groups is 1. The van der Waals surface area contributed by atoms with Gasteiger partial charge in [0.05, 0.1) is 10.5 Å². The van der Waals surface area contributed by atoms with E-state index in [-0.39, 0.29) is 16.3 Å². The number of fused-ring (bicyclic) bond motifs is 1. The number of H-pyrrole nitrogens is 1. The van der Waals surface area contributed by atoms with Crippen molar-refractivity contribution in [3.05, 3.63) is 52.7 Å². The van der Waals surface area contributed by atoms with Crippen LogP contribution in [-0.2, 0) is 5.60 Å². The van der Waals surface area contributed by atoms with E-state index >= 15 is 0 Å². The first-order chi connectivity index (χ1) is 12.0. The maximum absolute atomic E-state index is 12.9. The molecule has 136 valence electrons. The lowest BCUT2D eigenvalue weighted by Gasteiger charge is -2.26. The summed E-state index contributed by atoms with van der Waals surface area (Å²) < 4.78 is 38.8. The summed E-state index contributed by atoms with van der Waals surface area (Å²) >= 11 is 6.20. The van der Waals surface area contributed by atoms with Gasteiger partial charge < -0.3 is 10.2 Å². The topological polar surface area (TPSA) is 86.2 Å². The number of nitrogens with zero attached hydrogens (tertiary/aromatic N) is 1. The van der Waals surface area contributed by atoms with Crippen molar-refractivity contribution in [2.75, 3.05) is 0 Å². The van der Waals surface area contributed by atoms with Crippen LogP contribution in [0.3, 0.4) is 0 Å². The number of benzene rings is 2. The first-order valence-electron chi connectivity index (χ1n) is 7.33. The molecule has 0 amide bonds. The maximum atomic E-state index is 12.9. The van der Waals surface area contributed by atoms with Gasteiger partial charge in [-0.25, -0.2) is 4.79 Å². The molecule has 0 aliphatic rings. The lowest BCUT2D eigenvalue weighted by atomic mass is 9.93. The standard InChI is InChI=1S/C17H12ClF3N2O3/c1-16(26,17(19,20)21)9-4-2-8(3-5-9)10-6-11-13(7-12(10)18)22-23-14(11)15(24)25/h2-7,26H,1H3,(H,22,23)(H,24,25). The predicted molar refractivity (Wildman–Crippen MR) is 89.1 cm³/mol. The summed E-state index contributed by atoms with van der Waals surface area (Å²) in [6, 6.07) is 8.05. The number of rotatable bonds is 3. The number of aromatic nitrogens is 2. The van der Waals surface area contributed by atoms with E-state index in [2.05, 4.69) is 10.2 Å². The molecule has 0 spiro atoms. The van der Waals surface area contributed by atoms with Crippen LogP contribution in [0.1, 0.15) is 23.0 Å². The first-order valence-corrected chi connectivity index (χ1v) is 7.71. The third-order valence-electron chi connectivity index (χ3n) is 4.16. The second-order valence-electron chi connectivity index (χ2n) is 5.90. The molecule has 0 aliphatic carbocycles. The number of carboxylic acids is 1. The summed E-state index contributed by atoms with van der Waals surface area (Å²) in [6.07, 6.45) is -4.82. The third-order valence-corrected chi connectivity index (χ3v) is 4.48. The first kappa shape index (κ1) is 18.2. The lowest BCUT2D eigenvalue weighted by molar-refractivity contribution is -0.258. The predicted octanol–water partition coefficient (Wildman–Crippen LogP) is 4.35. The van der Waals surface area contributed by atoms with Crippen LogP contribution in [0.5, 0.6) is 0 Å². The number of alkyl halides is 3.